The van der Waals surface area contributed by atoms with E-state index in [1.165, 1.54) is 0 Å². The van der Waals surface area contributed by atoms with Crippen LogP contribution < -0.4 is 0 Å². The highest BCUT2D eigenvalue weighted by Crippen LogP contribution is 2.51. The Hall–Kier alpha value is -1.69. The van der Waals surface area contributed by atoms with Gasteiger partial charge in [0.25, 0.3) is 0 Å². The first-order valence-corrected chi connectivity index (χ1v) is 6.98. The fourth-order valence-electron chi connectivity index (χ4n) is 2.91. The van der Waals surface area contributed by atoms with Crippen molar-refractivity contribution < 1.29 is 24.5 Å². The SMILES string of the molecule is C=C1[C@H](O)C[C@H](O)C[C@]12O[C@@H]2COC(=O)c1ccccc1. The molecule has 112 valence electrons. The van der Waals surface area contributed by atoms with Gasteiger partial charge in [-0.25, -0.2) is 4.79 Å². The van der Waals surface area contributed by atoms with Gasteiger partial charge in [-0.05, 0) is 17.7 Å². The zero-order chi connectivity index (χ0) is 15.0. The lowest BCUT2D eigenvalue weighted by Gasteiger charge is -2.30. The molecule has 1 saturated heterocycles. The lowest BCUT2D eigenvalue weighted by Crippen LogP contribution is -2.39. The largest absolute Gasteiger partial charge is 0.459 e. The highest BCUT2D eigenvalue weighted by molar-refractivity contribution is 5.89. The van der Waals surface area contributed by atoms with E-state index in [-0.39, 0.29) is 19.1 Å². The molecular weight excluding hydrogens is 272 g/mol. The van der Waals surface area contributed by atoms with E-state index in [0.29, 0.717) is 17.6 Å². The van der Waals surface area contributed by atoms with E-state index in [2.05, 4.69) is 6.58 Å². The first-order chi connectivity index (χ1) is 10.0. The number of hydrogen-bond donors (Lipinski definition) is 2. The van der Waals surface area contributed by atoms with Gasteiger partial charge in [0.2, 0.25) is 0 Å². The van der Waals surface area contributed by atoms with Crippen molar-refractivity contribution in [1.29, 1.82) is 0 Å². The van der Waals surface area contributed by atoms with Crippen molar-refractivity contribution in [1.82, 2.24) is 0 Å². The molecule has 0 aromatic heterocycles. The van der Waals surface area contributed by atoms with E-state index in [0.717, 1.165) is 0 Å². The molecular formula is C16H18O5. The maximum Gasteiger partial charge on any atom is 0.338 e. The van der Waals surface area contributed by atoms with Crippen LogP contribution in [-0.2, 0) is 9.47 Å². The monoisotopic (exact) mass is 290 g/mol. The molecule has 1 heterocycles. The summed E-state index contributed by atoms with van der Waals surface area (Å²) in [5.41, 5.74) is 0.303. The molecule has 5 heteroatoms. The highest BCUT2D eigenvalue weighted by Gasteiger charge is 2.62. The number of rotatable bonds is 3. The van der Waals surface area contributed by atoms with Crippen molar-refractivity contribution in [3.05, 3.63) is 48.0 Å². The Labute approximate surface area is 122 Å². The number of ether oxygens (including phenoxy) is 2. The normalized spacial score (nSPS) is 34.8. The summed E-state index contributed by atoms with van der Waals surface area (Å²) in [6, 6.07) is 8.71. The highest BCUT2D eigenvalue weighted by atomic mass is 16.6. The molecule has 1 aromatic rings. The third-order valence-corrected chi connectivity index (χ3v) is 4.17. The smallest absolute Gasteiger partial charge is 0.338 e. The standard InChI is InChI=1S/C16H18O5/c1-10-13(18)7-12(17)8-16(10)14(21-16)9-20-15(19)11-5-3-2-4-6-11/h2-6,12-14,17-18H,1,7-9H2/t12-,13+,14+,16-/m0/s1. The number of benzene rings is 1. The Morgan fingerprint density at radius 1 is 1.38 bits per heavy atom. The number of hydrogen-bond acceptors (Lipinski definition) is 5. The zero-order valence-corrected chi connectivity index (χ0v) is 11.6. The van der Waals surface area contributed by atoms with Gasteiger partial charge >= 0.3 is 5.97 Å². The summed E-state index contributed by atoms with van der Waals surface area (Å²) in [7, 11) is 0. The second-order valence-corrected chi connectivity index (χ2v) is 5.60. The molecule has 4 atom stereocenters. The molecule has 1 aliphatic heterocycles. The summed E-state index contributed by atoms with van der Waals surface area (Å²) < 4.78 is 10.8. The van der Waals surface area contributed by atoms with E-state index >= 15 is 0 Å². The minimum Gasteiger partial charge on any atom is -0.459 e. The summed E-state index contributed by atoms with van der Waals surface area (Å²) in [5, 5.41) is 19.6. The Bertz CT molecular complexity index is 555. The van der Waals surface area contributed by atoms with Crippen molar-refractivity contribution in [2.24, 2.45) is 0 Å². The van der Waals surface area contributed by atoms with E-state index in [9.17, 15) is 15.0 Å². The van der Waals surface area contributed by atoms with Gasteiger partial charge < -0.3 is 19.7 Å². The average molecular weight is 290 g/mol. The third-order valence-electron chi connectivity index (χ3n) is 4.17. The molecule has 0 amide bonds. The van der Waals surface area contributed by atoms with Gasteiger partial charge in [0.15, 0.2) is 0 Å². The average Bonchev–Trinajstić information content (AvgIpc) is 3.16. The van der Waals surface area contributed by atoms with Gasteiger partial charge in [-0.3, -0.25) is 0 Å². The lowest BCUT2D eigenvalue weighted by atomic mass is 9.79. The zero-order valence-electron chi connectivity index (χ0n) is 11.6. The first-order valence-electron chi connectivity index (χ1n) is 6.98. The van der Waals surface area contributed by atoms with Gasteiger partial charge in [0.1, 0.15) is 18.3 Å². The maximum atomic E-state index is 11.9. The molecule has 2 aliphatic rings. The fraction of sp³-hybridized carbons (Fsp3) is 0.438. The number of epoxide rings is 1. The Morgan fingerprint density at radius 2 is 2.10 bits per heavy atom. The number of aliphatic hydroxyl groups is 2. The van der Waals surface area contributed by atoms with Crippen molar-refractivity contribution in [2.45, 2.75) is 36.8 Å². The molecule has 2 N–H and O–H groups in total. The Balaban J connectivity index is 1.59. The summed E-state index contributed by atoms with van der Waals surface area (Å²) in [4.78, 5) is 11.9. The van der Waals surface area contributed by atoms with Gasteiger partial charge in [0.05, 0.1) is 17.8 Å². The first kappa shape index (κ1) is 14.3. The van der Waals surface area contributed by atoms with E-state index in [4.69, 9.17) is 9.47 Å². The molecule has 0 radical (unpaired) electrons. The molecule has 21 heavy (non-hydrogen) atoms. The van der Waals surface area contributed by atoms with E-state index < -0.39 is 23.8 Å². The molecule has 1 aromatic carbocycles. The summed E-state index contributed by atoms with van der Waals surface area (Å²) in [6.45, 7) is 3.94. The number of carbonyl (C=O) groups is 1. The molecule has 1 spiro atoms. The van der Waals surface area contributed by atoms with Crippen LogP contribution in [0.3, 0.4) is 0 Å². The van der Waals surface area contributed by atoms with E-state index in [1.54, 1.807) is 24.3 Å². The minimum atomic E-state index is -0.774. The molecule has 5 nitrogen and oxygen atoms in total. The molecule has 0 bridgehead atoms. The second kappa shape index (κ2) is 5.26. The topological polar surface area (TPSA) is 79.3 Å². The van der Waals surface area contributed by atoms with Gasteiger partial charge in [-0.15, -0.1) is 0 Å². The van der Waals surface area contributed by atoms with Crippen LogP contribution in [0.25, 0.3) is 0 Å². The van der Waals surface area contributed by atoms with Crippen LogP contribution in [0.1, 0.15) is 23.2 Å². The quantitative estimate of drug-likeness (QED) is 0.494. The maximum absolute atomic E-state index is 11.9. The molecule has 1 saturated carbocycles. The van der Waals surface area contributed by atoms with Crippen LogP contribution in [-0.4, -0.2) is 46.7 Å². The van der Waals surface area contributed by atoms with Crippen LogP contribution in [0.4, 0.5) is 0 Å². The van der Waals surface area contributed by atoms with Crippen molar-refractivity contribution in [2.75, 3.05) is 6.61 Å². The molecule has 0 unspecified atom stereocenters. The number of carbonyl (C=O) groups excluding carboxylic acids is 1. The molecule has 1 aliphatic carbocycles. The minimum absolute atomic E-state index is 0.0895. The fourth-order valence-corrected chi connectivity index (χ4v) is 2.91. The number of aliphatic hydroxyl groups excluding tert-OH is 2. The van der Waals surface area contributed by atoms with Crippen LogP contribution in [0, 0.1) is 0 Å². The van der Waals surface area contributed by atoms with Crippen LogP contribution in [0.15, 0.2) is 42.5 Å². The second-order valence-electron chi connectivity index (χ2n) is 5.60. The van der Waals surface area contributed by atoms with Crippen LogP contribution >= 0.6 is 0 Å². The Kier molecular flexibility index (Phi) is 3.57. The predicted molar refractivity (Wildman–Crippen MR) is 74.7 cm³/mol. The van der Waals surface area contributed by atoms with Gasteiger partial charge in [-0.1, -0.05) is 24.8 Å². The van der Waals surface area contributed by atoms with Crippen molar-refractivity contribution >= 4 is 5.97 Å². The van der Waals surface area contributed by atoms with Crippen LogP contribution in [0.5, 0.6) is 0 Å². The molecule has 3 rings (SSSR count). The van der Waals surface area contributed by atoms with Crippen LogP contribution in [0.2, 0.25) is 0 Å². The van der Waals surface area contributed by atoms with Crippen molar-refractivity contribution in [3.8, 4) is 0 Å². The van der Waals surface area contributed by atoms with Gasteiger partial charge in [-0.2, -0.15) is 0 Å². The Morgan fingerprint density at radius 3 is 2.81 bits per heavy atom. The van der Waals surface area contributed by atoms with Gasteiger partial charge in [0, 0.05) is 12.8 Å². The number of esters is 1. The summed E-state index contributed by atoms with van der Waals surface area (Å²) >= 11 is 0. The van der Waals surface area contributed by atoms with Crippen molar-refractivity contribution in [3.63, 3.8) is 0 Å². The van der Waals surface area contributed by atoms with E-state index in [1.807, 2.05) is 6.07 Å². The predicted octanol–water partition coefficient (Wildman–Crippen LogP) is 1.05. The molecule has 2 fully saturated rings. The summed E-state index contributed by atoms with van der Waals surface area (Å²) in [5.74, 6) is -0.413. The third kappa shape index (κ3) is 2.60. The lowest BCUT2D eigenvalue weighted by molar-refractivity contribution is 0.0413. The summed E-state index contributed by atoms with van der Waals surface area (Å²) in [6.07, 6.45) is -1.08.